The number of carbonyl (C=O) groups is 1. The van der Waals surface area contributed by atoms with Crippen molar-refractivity contribution in [3.05, 3.63) is 99.7 Å². The summed E-state index contributed by atoms with van der Waals surface area (Å²) < 4.78 is 5.78. The van der Waals surface area contributed by atoms with E-state index in [4.69, 9.17) is 39.8 Å². The fourth-order valence-corrected chi connectivity index (χ4v) is 4.35. The van der Waals surface area contributed by atoms with E-state index in [0.717, 1.165) is 28.0 Å². The van der Waals surface area contributed by atoms with Crippen LogP contribution in [0.1, 0.15) is 16.9 Å². The predicted octanol–water partition coefficient (Wildman–Crippen LogP) is 7.13. The molecule has 2 aromatic heterocycles. The van der Waals surface area contributed by atoms with Gasteiger partial charge in [0.05, 0.1) is 15.7 Å². The Hall–Kier alpha value is -3.98. The number of fused-ring (bicyclic) bond motifs is 1. The van der Waals surface area contributed by atoms with Crippen LogP contribution in [0.15, 0.2) is 77.2 Å². The monoisotopic (exact) mass is 561 g/mol. The molecule has 0 fully saturated rings. The number of hydrogen-bond acceptors (Lipinski definition) is 5. The van der Waals surface area contributed by atoms with Crippen LogP contribution in [-0.2, 0) is 4.79 Å². The molecule has 0 bridgehead atoms. The lowest BCUT2D eigenvalue weighted by Gasteiger charge is -2.10. The standard InChI is InChI=1S/C28H21Cl2N5O2S/c1-16-6-8-18(9-7-16)35-33-23-14-17(2)22(15-24(23)34-35)31-28(38)32-26(36)13-11-19-10-12-25(37-19)20-4-3-5-21(29)27(20)30/h3-15H,1-2H3,(H2,31,32,36,38). The number of nitrogens with zero attached hydrogens (tertiary/aromatic N) is 3. The fourth-order valence-electron chi connectivity index (χ4n) is 3.74. The van der Waals surface area contributed by atoms with E-state index in [-0.39, 0.29) is 5.11 Å². The highest BCUT2D eigenvalue weighted by molar-refractivity contribution is 7.80. The number of rotatable bonds is 5. The molecule has 1 amide bonds. The summed E-state index contributed by atoms with van der Waals surface area (Å²) in [5.74, 6) is 0.605. The van der Waals surface area contributed by atoms with Crippen molar-refractivity contribution >= 4 is 69.2 Å². The summed E-state index contributed by atoms with van der Waals surface area (Å²) in [7, 11) is 0. The highest BCUT2D eigenvalue weighted by atomic mass is 35.5. The number of thiocarbonyl (C=S) groups is 1. The quantitative estimate of drug-likeness (QED) is 0.175. The van der Waals surface area contributed by atoms with Crippen molar-refractivity contribution in [1.29, 1.82) is 0 Å². The van der Waals surface area contributed by atoms with Crippen molar-refractivity contribution < 1.29 is 9.21 Å². The van der Waals surface area contributed by atoms with Crippen molar-refractivity contribution in [2.75, 3.05) is 5.32 Å². The Balaban J connectivity index is 1.24. The second kappa shape index (κ2) is 10.8. The second-order valence-corrected chi connectivity index (χ2v) is 9.75. The maximum absolute atomic E-state index is 12.4. The lowest BCUT2D eigenvalue weighted by Crippen LogP contribution is -2.33. The molecule has 0 saturated heterocycles. The summed E-state index contributed by atoms with van der Waals surface area (Å²) in [4.78, 5) is 14.0. The zero-order valence-corrected chi connectivity index (χ0v) is 22.7. The van der Waals surface area contributed by atoms with Gasteiger partial charge in [-0.3, -0.25) is 10.1 Å². The van der Waals surface area contributed by atoms with Gasteiger partial charge in [-0.05, 0) is 86.2 Å². The SMILES string of the molecule is Cc1ccc(-n2nc3cc(C)c(NC(=S)NC(=O)C=Cc4ccc(-c5cccc(Cl)c5Cl)o4)cc3n2)cc1. The molecule has 0 aliphatic rings. The van der Waals surface area contributed by atoms with Crippen LogP contribution in [0.2, 0.25) is 10.0 Å². The first-order chi connectivity index (χ1) is 18.3. The number of aryl methyl sites for hydroxylation is 2. The number of nitrogens with one attached hydrogen (secondary N) is 2. The molecule has 38 heavy (non-hydrogen) atoms. The molecule has 0 saturated carbocycles. The molecule has 5 rings (SSSR count). The van der Waals surface area contributed by atoms with E-state index in [1.807, 2.05) is 50.2 Å². The summed E-state index contributed by atoms with van der Waals surface area (Å²) in [5, 5.41) is 15.8. The number of halogens is 2. The van der Waals surface area contributed by atoms with Crippen LogP contribution in [0.3, 0.4) is 0 Å². The lowest BCUT2D eigenvalue weighted by atomic mass is 10.2. The Morgan fingerprint density at radius 1 is 1.00 bits per heavy atom. The Morgan fingerprint density at radius 2 is 1.74 bits per heavy atom. The molecule has 10 heteroatoms. The zero-order chi connectivity index (χ0) is 26.8. The molecule has 7 nitrogen and oxygen atoms in total. The summed E-state index contributed by atoms with van der Waals surface area (Å²) in [6, 6.07) is 20.5. The topological polar surface area (TPSA) is 85.0 Å². The van der Waals surface area contributed by atoms with E-state index >= 15 is 0 Å². The van der Waals surface area contributed by atoms with E-state index in [1.165, 1.54) is 6.08 Å². The van der Waals surface area contributed by atoms with Crippen molar-refractivity contribution in [1.82, 2.24) is 20.3 Å². The third kappa shape index (κ3) is 5.62. The van der Waals surface area contributed by atoms with Gasteiger partial charge in [-0.25, -0.2) is 0 Å². The van der Waals surface area contributed by atoms with Gasteiger partial charge in [0, 0.05) is 17.3 Å². The van der Waals surface area contributed by atoms with Crippen LogP contribution in [0.25, 0.3) is 34.1 Å². The van der Waals surface area contributed by atoms with Crippen molar-refractivity contribution in [2.45, 2.75) is 13.8 Å². The molecule has 0 atom stereocenters. The molecule has 3 aromatic carbocycles. The first-order valence-corrected chi connectivity index (χ1v) is 12.7. The van der Waals surface area contributed by atoms with Crippen molar-refractivity contribution in [3.8, 4) is 17.0 Å². The van der Waals surface area contributed by atoms with Crippen LogP contribution in [-0.4, -0.2) is 26.0 Å². The molecule has 2 N–H and O–H groups in total. The van der Waals surface area contributed by atoms with E-state index in [2.05, 4.69) is 20.8 Å². The van der Waals surface area contributed by atoms with Gasteiger partial charge in [0.2, 0.25) is 5.91 Å². The summed E-state index contributed by atoms with van der Waals surface area (Å²) in [6.45, 7) is 3.96. The molecule has 0 unspecified atom stereocenters. The largest absolute Gasteiger partial charge is 0.457 e. The number of furan rings is 1. The Bertz CT molecular complexity index is 1710. The molecular weight excluding hydrogens is 541 g/mol. The van der Waals surface area contributed by atoms with E-state index in [1.54, 1.807) is 41.2 Å². The smallest absolute Gasteiger partial charge is 0.250 e. The predicted molar refractivity (Wildman–Crippen MR) is 156 cm³/mol. The minimum Gasteiger partial charge on any atom is -0.457 e. The Kier molecular flexibility index (Phi) is 7.28. The molecule has 0 aliphatic carbocycles. The molecule has 5 aromatic rings. The second-order valence-electron chi connectivity index (χ2n) is 8.56. The summed E-state index contributed by atoms with van der Waals surface area (Å²) >= 11 is 17.7. The average molecular weight is 562 g/mol. The molecular formula is C28H21Cl2N5O2S. The maximum Gasteiger partial charge on any atom is 0.250 e. The summed E-state index contributed by atoms with van der Waals surface area (Å²) in [5.41, 5.74) is 5.77. The first-order valence-electron chi connectivity index (χ1n) is 11.6. The average Bonchev–Trinajstić information content (AvgIpc) is 3.52. The summed E-state index contributed by atoms with van der Waals surface area (Å²) in [6.07, 6.45) is 2.87. The zero-order valence-electron chi connectivity index (χ0n) is 20.3. The van der Waals surface area contributed by atoms with E-state index in [0.29, 0.717) is 32.6 Å². The number of amides is 1. The van der Waals surface area contributed by atoms with Crippen LogP contribution in [0.4, 0.5) is 5.69 Å². The van der Waals surface area contributed by atoms with Gasteiger partial charge in [0.25, 0.3) is 0 Å². The number of anilines is 1. The van der Waals surface area contributed by atoms with Gasteiger partial charge < -0.3 is 9.73 Å². The highest BCUT2D eigenvalue weighted by Crippen LogP contribution is 2.34. The van der Waals surface area contributed by atoms with Crippen molar-refractivity contribution in [2.24, 2.45) is 0 Å². The lowest BCUT2D eigenvalue weighted by molar-refractivity contribution is -0.115. The van der Waals surface area contributed by atoms with Crippen LogP contribution >= 0.6 is 35.4 Å². The third-order valence-electron chi connectivity index (χ3n) is 5.72. The highest BCUT2D eigenvalue weighted by Gasteiger charge is 2.12. The van der Waals surface area contributed by atoms with Gasteiger partial charge in [-0.2, -0.15) is 4.80 Å². The van der Waals surface area contributed by atoms with Gasteiger partial charge in [0.15, 0.2) is 5.11 Å². The number of aromatic nitrogens is 3. The van der Waals surface area contributed by atoms with Gasteiger partial charge in [0.1, 0.15) is 22.6 Å². The minimum absolute atomic E-state index is 0.152. The molecule has 190 valence electrons. The number of hydrogen-bond donors (Lipinski definition) is 2. The normalized spacial score (nSPS) is 11.3. The first kappa shape index (κ1) is 25.7. The molecule has 0 radical (unpaired) electrons. The fraction of sp³-hybridized carbons (Fsp3) is 0.0714. The van der Waals surface area contributed by atoms with Gasteiger partial charge >= 0.3 is 0 Å². The third-order valence-corrected chi connectivity index (χ3v) is 6.74. The van der Waals surface area contributed by atoms with Crippen LogP contribution in [0, 0.1) is 13.8 Å². The minimum atomic E-state index is -0.412. The van der Waals surface area contributed by atoms with Gasteiger partial charge in [-0.1, -0.05) is 47.0 Å². The Labute approximate surface area is 234 Å². The maximum atomic E-state index is 12.4. The number of carbonyl (C=O) groups excluding carboxylic acids is 1. The van der Waals surface area contributed by atoms with Crippen LogP contribution in [0.5, 0.6) is 0 Å². The van der Waals surface area contributed by atoms with Crippen LogP contribution < -0.4 is 10.6 Å². The van der Waals surface area contributed by atoms with Gasteiger partial charge in [-0.15, -0.1) is 10.2 Å². The van der Waals surface area contributed by atoms with E-state index < -0.39 is 5.91 Å². The molecule has 0 aliphatic heterocycles. The van der Waals surface area contributed by atoms with Crippen molar-refractivity contribution in [3.63, 3.8) is 0 Å². The van der Waals surface area contributed by atoms with E-state index in [9.17, 15) is 4.79 Å². The molecule has 0 spiro atoms. The Morgan fingerprint density at radius 3 is 2.50 bits per heavy atom. The number of benzene rings is 3. The molecule has 2 heterocycles.